The Morgan fingerprint density at radius 1 is 1.23 bits per heavy atom. The van der Waals surface area contributed by atoms with Crippen LogP contribution in [0.3, 0.4) is 0 Å². The molecule has 1 N–H and O–H groups in total. The third kappa shape index (κ3) is 3.26. The predicted octanol–water partition coefficient (Wildman–Crippen LogP) is 3.88. The summed E-state index contributed by atoms with van der Waals surface area (Å²) in [7, 11) is -3.89. The lowest BCUT2D eigenvalue weighted by Gasteiger charge is -2.17. The number of fused-ring (bicyclic) bond motifs is 1. The van der Waals surface area contributed by atoms with Crippen LogP contribution in [0.15, 0.2) is 51.8 Å². The lowest BCUT2D eigenvalue weighted by Crippen LogP contribution is -2.19. The van der Waals surface area contributed by atoms with E-state index in [2.05, 4.69) is 9.71 Å². The smallest absolute Gasteiger partial charge is 0.286 e. The van der Waals surface area contributed by atoms with E-state index in [0.717, 1.165) is 11.6 Å². The molecule has 114 valence electrons. The number of sulfonamides is 1. The fraction of sp³-hybridized carbons (Fsp3) is 0.0714. The minimum Gasteiger partial charge on any atom is -0.333 e. The van der Waals surface area contributed by atoms with Crippen molar-refractivity contribution in [2.75, 3.05) is 5.32 Å². The molecule has 0 unspecified atom stereocenters. The summed E-state index contributed by atoms with van der Waals surface area (Å²) in [5.41, 5.74) is 1.27. The number of amidine groups is 1. The number of hydrogen-bond donors (Lipinski definition) is 1. The molecule has 1 heterocycles. The van der Waals surface area contributed by atoms with Gasteiger partial charge in [-0.15, -0.1) is 4.40 Å². The molecule has 0 spiro atoms. The molecule has 3 rings (SSSR count). The van der Waals surface area contributed by atoms with Gasteiger partial charge in [0.15, 0.2) is 5.17 Å². The Morgan fingerprint density at radius 2 is 2.05 bits per heavy atom. The molecule has 0 saturated carbocycles. The molecule has 0 radical (unpaired) electrons. The molecule has 2 aromatic carbocycles. The van der Waals surface area contributed by atoms with E-state index in [1.165, 1.54) is 23.9 Å². The molecular formula is C14H10ClFN2O2S2. The number of nitrogens with one attached hydrogen (secondary N) is 1. The Labute approximate surface area is 136 Å². The van der Waals surface area contributed by atoms with Crippen LogP contribution in [-0.4, -0.2) is 13.6 Å². The summed E-state index contributed by atoms with van der Waals surface area (Å²) in [5.74, 6) is -0.104. The molecule has 2 aromatic rings. The van der Waals surface area contributed by atoms with Gasteiger partial charge in [-0.3, -0.25) is 0 Å². The Balaban J connectivity index is 1.82. The van der Waals surface area contributed by atoms with Crippen molar-refractivity contribution in [3.63, 3.8) is 0 Å². The minimum atomic E-state index is -3.89. The molecule has 4 nitrogen and oxygen atoms in total. The fourth-order valence-corrected chi connectivity index (χ4v) is 4.35. The van der Waals surface area contributed by atoms with Gasteiger partial charge in [0.05, 0.1) is 5.69 Å². The molecule has 1 aliphatic heterocycles. The zero-order valence-corrected chi connectivity index (χ0v) is 13.5. The Kier molecular flexibility index (Phi) is 4.12. The summed E-state index contributed by atoms with van der Waals surface area (Å²) < 4.78 is 41.0. The van der Waals surface area contributed by atoms with E-state index in [1.807, 2.05) is 12.1 Å². The zero-order valence-electron chi connectivity index (χ0n) is 11.1. The first-order valence-corrected chi connectivity index (χ1v) is 9.03. The highest BCUT2D eigenvalue weighted by molar-refractivity contribution is 8.14. The highest BCUT2D eigenvalue weighted by Gasteiger charge is 2.25. The second-order valence-corrected chi connectivity index (χ2v) is 7.53. The first kappa shape index (κ1) is 15.3. The summed E-state index contributed by atoms with van der Waals surface area (Å²) >= 11 is 7.14. The van der Waals surface area contributed by atoms with Crippen molar-refractivity contribution in [2.45, 2.75) is 10.6 Å². The molecule has 8 heteroatoms. The molecule has 22 heavy (non-hydrogen) atoms. The maximum absolute atomic E-state index is 13.2. The zero-order chi connectivity index (χ0) is 15.7. The normalized spacial score (nSPS) is 15.6. The van der Waals surface area contributed by atoms with Crippen LogP contribution in [0.1, 0.15) is 5.56 Å². The summed E-state index contributed by atoms with van der Waals surface area (Å²) in [6.07, 6.45) is 0. The van der Waals surface area contributed by atoms with Crippen LogP contribution < -0.4 is 5.32 Å². The largest absolute Gasteiger partial charge is 0.333 e. The van der Waals surface area contributed by atoms with Gasteiger partial charge in [0, 0.05) is 10.8 Å². The molecule has 0 atom stereocenters. The summed E-state index contributed by atoms with van der Waals surface area (Å²) in [5, 5.41) is 3.76. The molecule has 0 amide bonds. The minimum absolute atomic E-state index is 0.153. The molecule has 0 aromatic heterocycles. The Hall–Kier alpha value is -1.57. The Bertz CT molecular complexity index is 869. The second kappa shape index (κ2) is 5.91. The van der Waals surface area contributed by atoms with Crippen molar-refractivity contribution in [3.8, 4) is 0 Å². The molecule has 0 fully saturated rings. The number of thioether (sulfide) groups is 1. The van der Waals surface area contributed by atoms with Crippen LogP contribution in [0.25, 0.3) is 0 Å². The number of benzene rings is 2. The highest BCUT2D eigenvalue weighted by Crippen LogP contribution is 2.31. The second-order valence-electron chi connectivity index (χ2n) is 4.56. The van der Waals surface area contributed by atoms with Gasteiger partial charge in [-0.1, -0.05) is 35.5 Å². The van der Waals surface area contributed by atoms with Crippen molar-refractivity contribution in [1.29, 1.82) is 0 Å². The van der Waals surface area contributed by atoms with Crippen LogP contribution in [0.5, 0.6) is 0 Å². The third-order valence-corrected chi connectivity index (χ3v) is 5.54. The lowest BCUT2D eigenvalue weighted by atomic mass is 10.2. The van der Waals surface area contributed by atoms with Crippen LogP contribution in [-0.2, 0) is 15.8 Å². The standard InChI is InChI=1S/C14H10ClFN2O2S2/c15-10-3-1-2-9(6-10)8-21-14-17-12-5-4-11(16)7-13(12)22(19,20)18-14/h1-7H,8H2,(H,17,18). The summed E-state index contributed by atoms with van der Waals surface area (Å²) in [4.78, 5) is -0.153. The van der Waals surface area contributed by atoms with Gasteiger partial charge in [0.2, 0.25) is 0 Å². The van der Waals surface area contributed by atoms with E-state index < -0.39 is 15.8 Å². The molecule has 0 aliphatic carbocycles. The van der Waals surface area contributed by atoms with Gasteiger partial charge in [-0.25, -0.2) is 4.39 Å². The number of nitrogens with zero attached hydrogens (tertiary/aromatic N) is 1. The van der Waals surface area contributed by atoms with Crippen molar-refractivity contribution in [2.24, 2.45) is 4.40 Å². The number of anilines is 1. The van der Waals surface area contributed by atoms with Crippen LogP contribution in [0.4, 0.5) is 10.1 Å². The maximum Gasteiger partial charge on any atom is 0.286 e. The monoisotopic (exact) mass is 356 g/mol. The quantitative estimate of drug-likeness (QED) is 0.887. The van der Waals surface area contributed by atoms with Gasteiger partial charge in [0.25, 0.3) is 10.0 Å². The van der Waals surface area contributed by atoms with Crippen molar-refractivity contribution in [3.05, 3.63) is 58.9 Å². The average molecular weight is 357 g/mol. The van der Waals surface area contributed by atoms with Crippen molar-refractivity contribution < 1.29 is 12.8 Å². The lowest BCUT2D eigenvalue weighted by molar-refractivity contribution is 0.592. The Morgan fingerprint density at radius 3 is 2.82 bits per heavy atom. The highest BCUT2D eigenvalue weighted by atomic mass is 35.5. The maximum atomic E-state index is 13.2. The van der Waals surface area contributed by atoms with E-state index in [9.17, 15) is 12.8 Å². The topological polar surface area (TPSA) is 58.5 Å². The fourth-order valence-electron chi connectivity index (χ4n) is 1.95. The average Bonchev–Trinajstić information content (AvgIpc) is 2.46. The molecule has 0 bridgehead atoms. The molecule has 1 aliphatic rings. The SMILES string of the molecule is O=S1(=O)N=C(SCc2cccc(Cl)c2)Nc2ccc(F)cc21. The first-order chi connectivity index (χ1) is 10.4. The molecule has 0 saturated heterocycles. The summed E-state index contributed by atoms with van der Waals surface area (Å²) in [6.45, 7) is 0. The van der Waals surface area contributed by atoms with Crippen molar-refractivity contribution in [1.82, 2.24) is 0 Å². The van der Waals surface area contributed by atoms with E-state index in [0.29, 0.717) is 16.5 Å². The van der Waals surface area contributed by atoms with Crippen molar-refractivity contribution >= 4 is 44.2 Å². The van der Waals surface area contributed by atoms with Gasteiger partial charge < -0.3 is 5.32 Å². The van der Waals surface area contributed by atoms with Crippen LogP contribution in [0.2, 0.25) is 5.02 Å². The van der Waals surface area contributed by atoms with Crippen LogP contribution >= 0.6 is 23.4 Å². The number of rotatable bonds is 2. The van der Waals surface area contributed by atoms with E-state index in [1.54, 1.807) is 12.1 Å². The number of hydrogen-bond acceptors (Lipinski definition) is 4. The van der Waals surface area contributed by atoms with Gasteiger partial charge >= 0.3 is 0 Å². The predicted molar refractivity (Wildman–Crippen MR) is 87.4 cm³/mol. The van der Waals surface area contributed by atoms with Gasteiger partial charge in [0.1, 0.15) is 10.7 Å². The summed E-state index contributed by atoms with van der Waals surface area (Å²) in [6, 6.07) is 10.8. The third-order valence-electron chi connectivity index (χ3n) is 2.93. The van der Waals surface area contributed by atoms with E-state index >= 15 is 0 Å². The first-order valence-electron chi connectivity index (χ1n) is 6.23. The van der Waals surface area contributed by atoms with Gasteiger partial charge in [-0.05, 0) is 35.9 Å². The van der Waals surface area contributed by atoms with E-state index in [4.69, 9.17) is 11.6 Å². The number of halogens is 2. The van der Waals surface area contributed by atoms with Gasteiger partial charge in [-0.2, -0.15) is 8.42 Å². The molecular weight excluding hydrogens is 347 g/mol. The van der Waals surface area contributed by atoms with Crippen LogP contribution in [0, 0.1) is 5.82 Å². The van der Waals surface area contributed by atoms with E-state index in [-0.39, 0.29) is 10.1 Å².